The van der Waals surface area contributed by atoms with Crippen LogP contribution in [-0.4, -0.2) is 22.0 Å². The third-order valence-electron chi connectivity index (χ3n) is 2.51. The summed E-state index contributed by atoms with van der Waals surface area (Å²) in [6, 6.07) is 10.6. The van der Waals surface area contributed by atoms with Gasteiger partial charge in [-0.05, 0) is 25.1 Å². The van der Waals surface area contributed by atoms with Gasteiger partial charge in [0, 0.05) is 17.2 Å². The SMILES string of the molecule is Cc1cc(NC(=O)C#Cc2ccccc2)c(C(=O)O)[nH]1. The second-order valence-corrected chi connectivity index (χ2v) is 4.12. The summed E-state index contributed by atoms with van der Waals surface area (Å²) < 4.78 is 0. The van der Waals surface area contributed by atoms with Crippen LogP contribution in [0.5, 0.6) is 0 Å². The first-order valence-electron chi connectivity index (χ1n) is 5.87. The first-order chi connectivity index (χ1) is 9.56. The second-order valence-electron chi connectivity index (χ2n) is 4.12. The minimum atomic E-state index is -1.13. The third-order valence-corrected chi connectivity index (χ3v) is 2.51. The first-order valence-corrected chi connectivity index (χ1v) is 5.87. The molecule has 5 nitrogen and oxygen atoms in total. The van der Waals surface area contributed by atoms with Gasteiger partial charge in [0.15, 0.2) is 0 Å². The molecule has 3 N–H and O–H groups in total. The predicted octanol–water partition coefficient (Wildman–Crippen LogP) is 2.01. The molecule has 0 saturated heterocycles. The Morgan fingerprint density at radius 2 is 1.95 bits per heavy atom. The zero-order chi connectivity index (χ0) is 14.5. The lowest BCUT2D eigenvalue weighted by Crippen LogP contribution is -2.11. The molecule has 0 atom stereocenters. The van der Waals surface area contributed by atoms with Gasteiger partial charge in [-0.25, -0.2) is 4.79 Å². The van der Waals surface area contributed by atoms with Crippen molar-refractivity contribution in [2.75, 3.05) is 5.32 Å². The van der Waals surface area contributed by atoms with Crippen LogP contribution >= 0.6 is 0 Å². The highest BCUT2D eigenvalue weighted by atomic mass is 16.4. The molecule has 0 radical (unpaired) electrons. The van der Waals surface area contributed by atoms with Crippen molar-refractivity contribution in [1.82, 2.24) is 4.98 Å². The van der Waals surface area contributed by atoms with E-state index in [1.54, 1.807) is 25.1 Å². The molecular weight excluding hydrogens is 256 g/mol. The predicted molar refractivity (Wildman–Crippen MR) is 74.4 cm³/mol. The van der Waals surface area contributed by atoms with Gasteiger partial charge in [0.25, 0.3) is 0 Å². The minimum absolute atomic E-state index is 0.0580. The van der Waals surface area contributed by atoms with E-state index in [1.165, 1.54) is 0 Å². The van der Waals surface area contributed by atoms with E-state index < -0.39 is 11.9 Å². The molecule has 1 heterocycles. The summed E-state index contributed by atoms with van der Waals surface area (Å²) in [6.07, 6.45) is 0. The lowest BCUT2D eigenvalue weighted by Gasteiger charge is -1.98. The maximum Gasteiger partial charge on any atom is 0.354 e. The summed E-state index contributed by atoms with van der Waals surface area (Å²) in [5.74, 6) is 3.42. The molecule has 5 heteroatoms. The fourth-order valence-electron chi connectivity index (χ4n) is 1.66. The van der Waals surface area contributed by atoms with Gasteiger partial charge in [-0.3, -0.25) is 4.79 Å². The van der Waals surface area contributed by atoms with Crippen molar-refractivity contribution in [2.24, 2.45) is 0 Å². The van der Waals surface area contributed by atoms with Crippen molar-refractivity contribution < 1.29 is 14.7 Å². The normalized spacial score (nSPS) is 9.45. The quantitative estimate of drug-likeness (QED) is 0.729. The van der Waals surface area contributed by atoms with Crippen LogP contribution in [0.1, 0.15) is 21.7 Å². The van der Waals surface area contributed by atoms with Gasteiger partial charge >= 0.3 is 11.9 Å². The summed E-state index contributed by atoms with van der Waals surface area (Å²) in [6.45, 7) is 1.71. The van der Waals surface area contributed by atoms with Gasteiger partial charge in [0.05, 0.1) is 5.69 Å². The molecule has 1 amide bonds. The summed E-state index contributed by atoms with van der Waals surface area (Å²) in [4.78, 5) is 25.3. The van der Waals surface area contributed by atoms with Crippen molar-refractivity contribution in [3.63, 3.8) is 0 Å². The van der Waals surface area contributed by atoms with Crippen molar-refractivity contribution in [1.29, 1.82) is 0 Å². The molecule has 2 rings (SSSR count). The molecule has 0 unspecified atom stereocenters. The zero-order valence-electron chi connectivity index (χ0n) is 10.7. The monoisotopic (exact) mass is 268 g/mol. The molecule has 0 aliphatic carbocycles. The number of aromatic nitrogens is 1. The van der Waals surface area contributed by atoms with E-state index >= 15 is 0 Å². The second kappa shape index (κ2) is 5.76. The maximum atomic E-state index is 11.7. The number of H-pyrrole nitrogens is 1. The van der Waals surface area contributed by atoms with Crippen LogP contribution in [0.3, 0.4) is 0 Å². The Hall–Kier alpha value is -3.00. The van der Waals surface area contributed by atoms with Gasteiger partial charge in [-0.2, -0.15) is 0 Å². The number of carbonyl (C=O) groups excluding carboxylic acids is 1. The fourth-order valence-corrected chi connectivity index (χ4v) is 1.66. The summed E-state index contributed by atoms with van der Waals surface area (Å²) in [7, 11) is 0. The van der Waals surface area contributed by atoms with Crippen LogP contribution in [0.25, 0.3) is 0 Å². The number of aromatic amines is 1. The molecule has 0 aliphatic rings. The molecular formula is C15H12N2O3. The van der Waals surface area contributed by atoms with Crippen LogP contribution in [-0.2, 0) is 4.79 Å². The number of carbonyl (C=O) groups is 2. The zero-order valence-corrected chi connectivity index (χ0v) is 10.7. The van der Waals surface area contributed by atoms with E-state index in [1.807, 2.05) is 18.2 Å². The average molecular weight is 268 g/mol. The number of amides is 1. The topological polar surface area (TPSA) is 82.2 Å². The van der Waals surface area contributed by atoms with Crippen LogP contribution in [0.15, 0.2) is 36.4 Å². The Kier molecular flexibility index (Phi) is 3.87. The summed E-state index contributed by atoms with van der Waals surface area (Å²) >= 11 is 0. The Morgan fingerprint density at radius 3 is 2.60 bits per heavy atom. The van der Waals surface area contributed by atoms with Crippen LogP contribution in [0, 0.1) is 18.8 Å². The highest BCUT2D eigenvalue weighted by Gasteiger charge is 2.14. The van der Waals surface area contributed by atoms with E-state index in [2.05, 4.69) is 22.1 Å². The Morgan fingerprint density at radius 1 is 1.25 bits per heavy atom. The van der Waals surface area contributed by atoms with E-state index in [-0.39, 0.29) is 11.4 Å². The van der Waals surface area contributed by atoms with Crippen LogP contribution in [0.2, 0.25) is 0 Å². The number of rotatable bonds is 2. The Balaban J connectivity index is 2.13. The summed E-state index contributed by atoms with van der Waals surface area (Å²) in [5.41, 5.74) is 1.51. The van der Waals surface area contributed by atoms with E-state index in [4.69, 9.17) is 5.11 Å². The number of carboxylic acid groups (broad SMARTS) is 1. The van der Waals surface area contributed by atoms with Gasteiger partial charge < -0.3 is 15.4 Å². The minimum Gasteiger partial charge on any atom is -0.477 e. The Labute approximate surface area is 115 Å². The number of hydrogen-bond acceptors (Lipinski definition) is 2. The fraction of sp³-hybridized carbons (Fsp3) is 0.0667. The molecule has 0 saturated carbocycles. The number of aromatic carboxylic acids is 1. The number of benzene rings is 1. The van der Waals surface area contributed by atoms with Crippen LogP contribution < -0.4 is 5.32 Å². The highest BCUT2D eigenvalue weighted by molar-refractivity contribution is 6.07. The number of anilines is 1. The van der Waals surface area contributed by atoms with Crippen LogP contribution in [0.4, 0.5) is 5.69 Å². The molecule has 0 bridgehead atoms. The van der Waals surface area contributed by atoms with Crippen molar-refractivity contribution in [3.8, 4) is 11.8 Å². The number of nitrogens with one attached hydrogen (secondary N) is 2. The molecule has 20 heavy (non-hydrogen) atoms. The summed E-state index contributed by atoms with van der Waals surface area (Å²) in [5, 5.41) is 11.4. The van der Waals surface area contributed by atoms with Gasteiger partial charge in [-0.15, -0.1) is 0 Å². The average Bonchev–Trinajstić information content (AvgIpc) is 2.79. The maximum absolute atomic E-state index is 11.7. The van der Waals surface area contributed by atoms with Crippen molar-refractivity contribution >= 4 is 17.6 Å². The van der Waals surface area contributed by atoms with Gasteiger partial charge in [0.2, 0.25) is 0 Å². The van der Waals surface area contributed by atoms with Gasteiger partial charge in [-0.1, -0.05) is 24.1 Å². The Bertz CT molecular complexity index is 706. The largest absolute Gasteiger partial charge is 0.477 e. The molecule has 100 valence electrons. The highest BCUT2D eigenvalue weighted by Crippen LogP contribution is 2.16. The molecule has 1 aromatic carbocycles. The number of aryl methyl sites for hydroxylation is 1. The van der Waals surface area contributed by atoms with Crippen molar-refractivity contribution in [3.05, 3.63) is 53.3 Å². The lowest BCUT2D eigenvalue weighted by molar-refractivity contribution is -0.111. The number of carboxylic acids is 1. The van der Waals surface area contributed by atoms with E-state index in [0.29, 0.717) is 11.3 Å². The first kappa shape index (κ1) is 13.4. The molecule has 2 aromatic rings. The van der Waals surface area contributed by atoms with Gasteiger partial charge in [0.1, 0.15) is 5.69 Å². The molecule has 0 aliphatic heterocycles. The standard InChI is InChI=1S/C15H12N2O3/c1-10-9-12(14(16-10)15(19)20)17-13(18)8-7-11-5-3-2-4-6-11/h2-6,9,16H,1H3,(H,17,18)(H,19,20). The third kappa shape index (κ3) is 3.27. The molecule has 1 aromatic heterocycles. The molecule has 0 fully saturated rings. The van der Waals surface area contributed by atoms with Crippen molar-refractivity contribution in [2.45, 2.75) is 6.92 Å². The smallest absolute Gasteiger partial charge is 0.354 e. The number of hydrogen-bond donors (Lipinski definition) is 3. The van der Waals surface area contributed by atoms with E-state index in [0.717, 1.165) is 0 Å². The molecule has 0 spiro atoms. The van der Waals surface area contributed by atoms with E-state index in [9.17, 15) is 9.59 Å². The lowest BCUT2D eigenvalue weighted by atomic mass is 10.2.